The molecule has 0 amide bonds. The van der Waals surface area contributed by atoms with Crippen LogP contribution in [0.3, 0.4) is 0 Å². The van der Waals surface area contributed by atoms with Crippen LogP contribution in [0.25, 0.3) is 0 Å². The van der Waals surface area contributed by atoms with Crippen molar-refractivity contribution in [3.8, 4) is 0 Å². The van der Waals surface area contributed by atoms with Gasteiger partial charge in [0, 0.05) is 61.8 Å². The Labute approximate surface area is 61.8 Å². The Morgan fingerprint density at radius 2 is 1.00 bits per heavy atom. The molecule has 18 valence electrons. The van der Waals surface area contributed by atoms with Crippen molar-refractivity contribution in [2.75, 3.05) is 0 Å². The van der Waals surface area contributed by atoms with Crippen LogP contribution in [0.4, 0.5) is 0 Å². The third kappa shape index (κ3) is 32.8. The molecule has 0 bridgehead atoms. The minimum atomic E-state index is 0. The van der Waals surface area contributed by atoms with Crippen molar-refractivity contribution >= 4 is 54.3 Å². The summed E-state index contributed by atoms with van der Waals surface area (Å²) in [6, 6.07) is 0. The molecule has 0 rings (SSSR count). The SMILES string of the molecule is [Al].[B].[C].[Ge].[Si]. The largest absolute Gasteiger partial charge is 0 e. The van der Waals surface area contributed by atoms with Gasteiger partial charge in [-0.05, 0) is 0 Å². The Balaban J connectivity index is 0. The second kappa shape index (κ2) is 55.2. The summed E-state index contributed by atoms with van der Waals surface area (Å²) >= 11 is 0. The summed E-state index contributed by atoms with van der Waals surface area (Å²) in [5.74, 6) is 0. The van der Waals surface area contributed by atoms with Crippen LogP contribution in [-0.4, -0.2) is 54.3 Å². The van der Waals surface area contributed by atoms with Crippen molar-refractivity contribution in [3.05, 3.63) is 7.43 Å². The van der Waals surface area contributed by atoms with Gasteiger partial charge in [0.25, 0.3) is 0 Å². The number of hydrogen-bond donors (Lipinski definition) is 0. The summed E-state index contributed by atoms with van der Waals surface area (Å²) in [5.41, 5.74) is 0. The predicted octanol–water partition coefficient (Wildman–Crippen LogP) is -1.44. The van der Waals surface area contributed by atoms with E-state index in [1.807, 2.05) is 0 Å². The molecule has 4 heteroatoms. The monoisotopic (exact) mass is 152 g/mol. The van der Waals surface area contributed by atoms with Crippen LogP contribution in [0.15, 0.2) is 0 Å². The molecular weight excluding hydrogens is 151 g/mol. The van der Waals surface area contributed by atoms with E-state index in [0.717, 1.165) is 0 Å². The van der Waals surface area contributed by atoms with Crippen molar-refractivity contribution in [3.63, 3.8) is 0 Å². The molecule has 0 aliphatic heterocycles. The molecule has 0 saturated heterocycles. The Kier molecular flexibility index (Phi) is 1090. The maximum absolute atomic E-state index is 0. The van der Waals surface area contributed by atoms with Crippen molar-refractivity contribution in [2.24, 2.45) is 0 Å². The molecule has 0 heterocycles. The fourth-order valence-electron chi connectivity index (χ4n) is 0. The standard InChI is InChI=1S/C.Al.B.Ge.Si. The third-order valence-electron chi connectivity index (χ3n) is 0. The van der Waals surface area contributed by atoms with Crippen LogP contribution in [-0.2, 0) is 0 Å². The quantitative estimate of drug-likeness (QED) is 0.371. The first-order chi connectivity index (χ1) is 0. The Morgan fingerprint density at radius 1 is 1.00 bits per heavy atom. The summed E-state index contributed by atoms with van der Waals surface area (Å²) in [7, 11) is 0. The van der Waals surface area contributed by atoms with Gasteiger partial charge in [0.15, 0.2) is 0 Å². The van der Waals surface area contributed by atoms with Crippen LogP contribution < -0.4 is 0 Å². The van der Waals surface area contributed by atoms with Gasteiger partial charge >= 0.3 is 0 Å². The van der Waals surface area contributed by atoms with Gasteiger partial charge in [-0.2, -0.15) is 0 Å². The minimum absolute atomic E-state index is 0. The first-order valence-electron chi connectivity index (χ1n) is 0. The molecule has 0 saturated carbocycles. The average Bonchev–Trinajstić information content (AvgIpc) is 0. The average molecular weight is 151 g/mol. The molecule has 18 radical (unpaired) electrons. The smallest absolute Gasteiger partial charge is 0 e. The summed E-state index contributed by atoms with van der Waals surface area (Å²) in [5, 5.41) is 0. The van der Waals surface area contributed by atoms with Gasteiger partial charge < -0.3 is 0 Å². The first kappa shape index (κ1) is 99.1. The molecule has 0 fully saturated rings. The van der Waals surface area contributed by atoms with Crippen molar-refractivity contribution in [1.29, 1.82) is 0 Å². The molecule has 0 atom stereocenters. The van der Waals surface area contributed by atoms with Gasteiger partial charge in [-0.3, -0.25) is 0 Å². The Hall–Kier alpha value is 1.36. The zero-order chi connectivity index (χ0) is 0. The van der Waals surface area contributed by atoms with Crippen LogP contribution in [0.2, 0.25) is 0 Å². The summed E-state index contributed by atoms with van der Waals surface area (Å²) in [6.45, 7) is 0. The van der Waals surface area contributed by atoms with E-state index in [9.17, 15) is 0 Å². The fraction of sp³-hybridized carbons (Fsp3) is 0. The Bertz CT molecular complexity index is 11.6. The summed E-state index contributed by atoms with van der Waals surface area (Å²) in [4.78, 5) is 0. The zero-order valence-corrected chi connectivity index (χ0v) is 6.91. The zero-order valence-electron chi connectivity index (χ0n) is 2.65. The van der Waals surface area contributed by atoms with E-state index in [1.165, 1.54) is 0 Å². The van der Waals surface area contributed by atoms with E-state index in [2.05, 4.69) is 0 Å². The molecule has 0 aliphatic rings. The van der Waals surface area contributed by atoms with Crippen LogP contribution in [0.5, 0.6) is 0 Å². The second-order valence-corrected chi connectivity index (χ2v) is 0. The normalized spacial score (nSPS) is 0. The fourth-order valence-corrected chi connectivity index (χ4v) is 0. The number of hydrogen-bond acceptors (Lipinski definition) is 0. The van der Waals surface area contributed by atoms with Gasteiger partial charge in [-0.15, -0.1) is 0 Å². The molecule has 5 heavy (non-hydrogen) atoms. The number of rotatable bonds is 0. The molecular formula is CAlBGeSi. The van der Waals surface area contributed by atoms with Crippen molar-refractivity contribution in [2.45, 2.75) is 0 Å². The molecule has 0 nitrogen and oxygen atoms in total. The van der Waals surface area contributed by atoms with Crippen molar-refractivity contribution in [1.82, 2.24) is 0 Å². The topological polar surface area (TPSA) is 0 Å². The maximum atomic E-state index is 0. The van der Waals surface area contributed by atoms with E-state index in [0.29, 0.717) is 0 Å². The summed E-state index contributed by atoms with van der Waals surface area (Å²) < 4.78 is 0. The van der Waals surface area contributed by atoms with E-state index in [4.69, 9.17) is 0 Å². The van der Waals surface area contributed by atoms with Gasteiger partial charge in [0.05, 0.1) is 0 Å². The van der Waals surface area contributed by atoms with Gasteiger partial charge in [-0.25, -0.2) is 0 Å². The molecule has 0 aromatic heterocycles. The van der Waals surface area contributed by atoms with Gasteiger partial charge in [0.1, 0.15) is 0 Å². The Morgan fingerprint density at radius 3 is 1.00 bits per heavy atom. The molecule has 0 unspecified atom stereocenters. The van der Waals surface area contributed by atoms with Gasteiger partial charge in [0.2, 0.25) is 0 Å². The van der Waals surface area contributed by atoms with E-state index < -0.39 is 0 Å². The van der Waals surface area contributed by atoms with E-state index in [1.54, 1.807) is 0 Å². The maximum Gasteiger partial charge on any atom is 0 e. The second-order valence-electron chi connectivity index (χ2n) is 0. The first-order valence-corrected chi connectivity index (χ1v) is 0. The molecule has 0 spiro atoms. The van der Waals surface area contributed by atoms with Crippen LogP contribution in [0, 0.1) is 7.43 Å². The molecule has 0 aliphatic carbocycles. The molecule has 0 aromatic rings. The molecule has 0 N–H and O–H groups in total. The van der Waals surface area contributed by atoms with Gasteiger partial charge in [-0.1, -0.05) is 0 Å². The minimum Gasteiger partial charge on any atom is 0 e. The predicted molar refractivity (Wildman–Crippen MR) is 26.3 cm³/mol. The van der Waals surface area contributed by atoms with E-state index in [-0.39, 0.29) is 61.8 Å². The third-order valence-corrected chi connectivity index (χ3v) is 0. The summed E-state index contributed by atoms with van der Waals surface area (Å²) in [6.07, 6.45) is 0. The van der Waals surface area contributed by atoms with E-state index >= 15 is 0 Å². The molecule has 0 aromatic carbocycles. The van der Waals surface area contributed by atoms with Crippen LogP contribution in [0.1, 0.15) is 0 Å². The van der Waals surface area contributed by atoms with Crippen molar-refractivity contribution < 1.29 is 0 Å². The van der Waals surface area contributed by atoms with Crippen LogP contribution >= 0.6 is 0 Å².